The Morgan fingerprint density at radius 2 is 1.35 bits per heavy atom. The molecule has 1 aliphatic carbocycles. The Morgan fingerprint density at radius 1 is 0.725 bits per heavy atom. The molecule has 0 saturated carbocycles. The Morgan fingerprint density at radius 3 is 1.82 bits per heavy atom. The number of halogens is 2. The van der Waals surface area contributed by atoms with Crippen molar-refractivity contribution in [2.45, 2.75) is 6.42 Å². The number of allylic oxidation sites excluding steroid dienone is 4. The molecule has 0 unspecified atom stereocenters. The molecule has 0 spiro atoms. The fraction of sp³-hybridized carbons (Fsp3) is 0.143. The fourth-order valence-electron chi connectivity index (χ4n) is 4.40. The van der Waals surface area contributed by atoms with Gasteiger partial charge in [0.15, 0.2) is 0 Å². The van der Waals surface area contributed by atoms with Crippen LogP contribution in [0.5, 0.6) is 0 Å². The summed E-state index contributed by atoms with van der Waals surface area (Å²) in [6.45, 7) is 0. The molecule has 5 aromatic rings. The van der Waals surface area contributed by atoms with Crippen LogP contribution in [0.2, 0.25) is 0 Å². The van der Waals surface area contributed by atoms with Crippen LogP contribution in [0, 0.1) is 6.08 Å². The van der Waals surface area contributed by atoms with Crippen molar-refractivity contribution in [2.75, 3.05) is 38.0 Å². The van der Waals surface area contributed by atoms with E-state index in [1.807, 2.05) is 12.2 Å². The molecule has 5 aromatic carbocycles. The Kier molecular flexibility index (Phi) is 13.7. The molecule has 40 heavy (non-hydrogen) atoms. The van der Waals surface area contributed by atoms with E-state index in [1.165, 1.54) is 71.5 Å². The summed E-state index contributed by atoms with van der Waals surface area (Å²) in [4.78, 5) is 4.32. The molecule has 0 radical (unpaired) electrons. The van der Waals surface area contributed by atoms with Gasteiger partial charge in [-0.05, 0) is 0 Å². The van der Waals surface area contributed by atoms with E-state index in [-0.39, 0.29) is 24.8 Å². The van der Waals surface area contributed by atoms with Crippen LogP contribution >= 0.6 is 0 Å². The van der Waals surface area contributed by atoms with Crippen molar-refractivity contribution < 1.29 is 49.0 Å². The predicted molar refractivity (Wildman–Crippen MR) is 163 cm³/mol. The predicted octanol–water partition coefficient (Wildman–Crippen LogP) is 1.96. The van der Waals surface area contributed by atoms with Crippen LogP contribution in [0.15, 0.2) is 121 Å². The number of rotatable bonds is 4. The van der Waals surface area contributed by atoms with E-state index in [0.29, 0.717) is 0 Å². The van der Waals surface area contributed by atoms with Crippen LogP contribution in [0.3, 0.4) is 0 Å². The van der Waals surface area contributed by atoms with E-state index in [1.54, 1.807) is 0 Å². The van der Waals surface area contributed by atoms with Crippen molar-refractivity contribution >= 4 is 36.1 Å². The normalized spacial score (nSPS) is 10.9. The molecule has 6 rings (SSSR count). The third-order valence-corrected chi connectivity index (χ3v) is 7.82. The summed E-state index contributed by atoms with van der Waals surface area (Å²) in [5.41, 5.74) is 5.19. The van der Waals surface area contributed by atoms with Gasteiger partial charge in [0.25, 0.3) is 0 Å². The van der Waals surface area contributed by atoms with Gasteiger partial charge in [0, 0.05) is 39.6 Å². The Bertz CT molecular complexity index is 1500. The Labute approximate surface area is 266 Å². The first-order valence-corrected chi connectivity index (χ1v) is 14.1. The van der Waals surface area contributed by atoms with Gasteiger partial charge in [-0.3, -0.25) is 6.08 Å². The first-order valence-electron chi connectivity index (χ1n) is 12.8. The number of hydrogen-bond donors (Lipinski definition) is 0. The van der Waals surface area contributed by atoms with Crippen LogP contribution in [0.4, 0.5) is 11.4 Å². The second-order valence-electron chi connectivity index (χ2n) is 9.56. The first-order chi connectivity index (χ1) is 18.5. The number of nitrogens with zero attached hydrogens (tertiary/aromatic N) is 2. The summed E-state index contributed by atoms with van der Waals surface area (Å²) in [6.07, 6.45) is 10.0. The first kappa shape index (κ1) is 33.4. The van der Waals surface area contributed by atoms with Crippen molar-refractivity contribution in [2.24, 2.45) is 0 Å². The van der Waals surface area contributed by atoms with Crippen LogP contribution < -0.4 is 34.6 Å². The molecule has 0 aromatic heterocycles. The minimum atomic E-state index is 0. The van der Waals surface area contributed by atoms with Gasteiger partial charge >= 0.3 is 99.2 Å². The van der Waals surface area contributed by atoms with Crippen molar-refractivity contribution in [3.05, 3.63) is 139 Å². The monoisotopic (exact) mass is 642 g/mol. The maximum atomic E-state index is 2.99. The van der Waals surface area contributed by atoms with Gasteiger partial charge in [0.2, 0.25) is 0 Å². The Hall–Kier alpha value is -2.84. The molecule has 5 heteroatoms. The quantitative estimate of drug-likeness (QED) is 0.277. The molecule has 0 aliphatic heterocycles. The molecule has 0 saturated heterocycles. The zero-order chi connectivity index (χ0) is 26.9. The molecule has 0 fully saturated rings. The third-order valence-electron chi connectivity index (χ3n) is 6.40. The van der Waals surface area contributed by atoms with Gasteiger partial charge in [-0.2, -0.15) is 6.08 Å². The fourth-order valence-corrected chi connectivity index (χ4v) is 5.22. The number of anilines is 2. The standard InChI is InChI=1S/C17H19N2.C13H10.C5H5.2ClH.Zr/c1-18(2)14-8-9-15-13(11-14)10-12-6-5-7-16(17(12)15)19(3)4;1-3-7-12(8-4-1)11-13-9-5-2-6-10-13;1-2-4-5-3-1;;;/h5-11H,1-4H3;1-10H;1-3H,4H2;2*1H;/q-1;;-1;;;+2/p-2. The average molecular weight is 645 g/mol. The third kappa shape index (κ3) is 8.58. The summed E-state index contributed by atoms with van der Waals surface area (Å²) in [6, 6.07) is 36.6. The summed E-state index contributed by atoms with van der Waals surface area (Å²) < 4.78 is 1.42. The SMILES string of the molecule is CN(C)c1ccc2c(c1)[cH-]c1cccc(N(C)C)c12.[C-]1=CC=CC1.[Cl-].[Cl-].[Zr+2]=[C](c1ccccc1)c1ccccc1. The van der Waals surface area contributed by atoms with E-state index in [9.17, 15) is 0 Å². The van der Waals surface area contributed by atoms with E-state index in [4.69, 9.17) is 0 Å². The van der Waals surface area contributed by atoms with Gasteiger partial charge in [-0.25, -0.2) is 12.2 Å². The molecule has 0 heterocycles. The van der Waals surface area contributed by atoms with Gasteiger partial charge in [-0.15, -0.1) is 34.7 Å². The second-order valence-corrected chi connectivity index (χ2v) is 10.8. The molecule has 2 nitrogen and oxygen atoms in total. The zero-order valence-electron chi connectivity index (χ0n) is 23.4. The summed E-state index contributed by atoms with van der Waals surface area (Å²) in [7, 11) is 8.35. The summed E-state index contributed by atoms with van der Waals surface area (Å²) >= 11 is 1.46. The number of hydrogen-bond acceptors (Lipinski definition) is 2. The second kappa shape index (κ2) is 16.4. The van der Waals surface area contributed by atoms with Crippen LogP contribution in [-0.2, 0) is 24.2 Å². The molecule has 0 atom stereocenters. The minimum absolute atomic E-state index is 0. The molecule has 0 amide bonds. The van der Waals surface area contributed by atoms with Crippen molar-refractivity contribution in [1.82, 2.24) is 0 Å². The van der Waals surface area contributed by atoms with Gasteiger partial charge in [0.05, 0.1) is 0 Å². The van der Waals surface area contributed by atoms with Crippen molar-refractivity contribution in [3.8, 4) is 0 Å². The van der Waals surface area contributed by atoms with Crippen molar-refractivity contribution in [1.29, 1.82) is 0 Å². The van der Waals surface area contributed by atoms with Crippen LogP contribution in [-0.4, -0.2) is 31.4 Å². The average Bonchev–Trinajstić information content (AvgIpc) is 3.65. The Balaban J connectivity index is 0.000000235. The number of fused-ring (bicyclic) bond motifs is 3. The molecular formula is C35H34Cl2N2Zr-2. The molecule has 0 N–H and O–H groups in total. The van der Waals surface area contributed by atoms with Crippen LogP contribution in [0.25, 0.3) is 21.5 Å². The van der Waals surface area contributed by atoms with Crippen molar-refractivity contribution in [3.63, 3.8) is 0 Å². The van der Waals surface area contributed by atoms with E-state index in [0.717, 1.165) is 6.42 Å². The van der Waals surface area contributed by atoms with E-state index < -0.39 is 0 Å². The number of benzene rings is 4. The summed E-state index contributed by atoms with van der Waals surface area (Å²) in [5, 5.41) is 5.32. The maximum absolute atomic E-state index is 2.99. The zero-order valence-corrected chi connectivity index (χ0v) is 27.4. The van der Waals surface area contributed by atoms with Gasteiger partial charge < -0.3 is 34.6 Å². The van der Waals surface area contributed by atoms with Gasteiger partial charge in [-0.1, -0.05) is 35.7 Å². The molecule has 204 valence electrons. The van der Waals surface area contributed by atoms with Gasteiger partial charge in [0.1, 0.15) is 0 Å². The molecule has 0 bridgehead atoms. The van der Waals surface area contributed by atoms with Crippen LogP contribution in [0.1, 0.15) is 17.5 Å². The summed E-state index contributed by atoms with van der Waals surface area (Å²) in [5.74, 6) is 0. The van der Waals surface area contributed by atoms with E-state index >= 15 is 0 Å². The molecular weight excluding hydrogens is 611 g/mol. The molecule has 1 aliphatic rings. The topological polar surface area (TPSA) is 6.48 Å². The van der Waals surface area contributed by atoms with E-state index in [2.05, 4.69) is 153 Å².